The van der Waals surface area contributed by atoms with Crippen LogP contribution in [0.1, 0.15) is 18.1 Å². The van der Waals surface area contributed by atoms with Gasteiger partial charge in [-0.25, -0.2) is 4.79 Å². The summed E-state index contributed by atoms with van der Waals surface area (Å²) in [5.74, 6) is -1.20. The fraction of sp³-hybridized carbons (Fsp3) is 0.158. The highest BCUT2D eigenvalue weighted by molar-refractivity contribution is 6.39. The summed E-state index contributed by atoms with van der Waals surface area (Å²) in [7, 11) is 0. The zero-order valence-corrected chi connectivity index (χ0v) is 16.3. The molecule has 2 aromatic carbocycles. The molecular formula is C19H16Cl3NO3. The van der Waals surface area contributed by atoms with E-state index >= 15 is 0 Å². The molecule has 136 valence electrons. The van der Waals surface area contributed by atoms with Crippen LogP contribution >= 0.6 is 34.8 Å². The number of amides is 1. The van der Waals surface area contributed by atoms with Crippen molar-refractivity contribution in [2.45, 2.75) is 20.0 Å². The Morgan fingerprint density at radius 1 is 1.08 bits per heavy atom. The van der Waals surface area contributed by atoms with Crippen LogP contribution in [0.3, 0.4) is 0 Å². The minimum absolute atomic E-state index is 0.272. The van der Waals surface area contributed by atoms with E-state index in [0.29, 0.717) is 15.1 Å². The number of anilines is 1. The van der Waals surface area contributed by atoms with E-state index in [9.17, 15) is 9.59 Å². The monoisotopic (exact) mass is 411 g/mol. The molecule has 0 fully saturated rings. The van der Waals surface area contributed by atoms with Gasteiger partial charge in [-0.2, -0.15) is 0 Å². The Labute approximate surface area is 166 Å². The Morgan fingerprint density at radius 2 is 1.73 bits per heavy atom. The van der Waals surface area contributed by atoms with Crippen LogP contribution in [0.15, 0.2) is 42.5 Å². The van der Waals surface area contributed by atoms with Crippen LogP contribution < -0.4 is 5.32 Å². The summed E-state index contributed by atoms with van der Waals surface area (Å²) in [6.45, 7) is 3.34. The number of benzene rings is 2. The van der Waals surface area contributed by atoms with Crippen LogP contribution in [-0.2, 0) is 14.3 Å². The molecular weight excluding hydrogens is 397 g/mol. The number of halogens is 3. The van der Waals surface area contributed by atoms with Gasteiger partial charge in [-0.15, -0.1) is 0 Å². The lowest BCUT2D eigenvalue weighted by molar-refractivity contribution is -0.148. The van der Waals surface area contributed by atoms with Crippen molar-refractivity contribution in [2.24, 2.45) is 0 Å². The predicted octanol–water partition coefficient (Wildman–Crippen LogP) is 5.54. The van der Waals surface area contributed by atoms with Gasteiger partial charge < -0.3 is 10.1 Å². The fourth-order valence-electron chi connectivity index (χ4n) is 1.99. The number of nitrogens with one attached hydrogen (secondary N) is 1. The SMILES string of the molecule is Cc1ccc(/C=C/C(=O)O[C@H](C)C(=O)Nc2c(Cl)cccc2Cl)cc1Cl. The fourth-order valence-corrected chi connectivity index (χ4v) is 2.67. The van der Waals surface area contributed by atoms with Crippen molar-refractivity contribution < 1.29 is 14.3 Å². The van der Waals surface area contributed by atoms with Crippen molar-refractivity contribution in [3.05, 3.63) is 68.7 Å². The first-order chi connectivity index (χ1) is 12.3. The number of rotatable bonds is 5. The molecule has 0 spiro atoms. The number of hydrogen-bond donors (Lipinski definition) is 1. The molecule has 2 aromatic rings. The summed E-state index contributed by atoms with van der Waals surface area (Å²) in [6, 6.07) is 10.2. The molecule has 1 atom stereocenters. The largest absolute Gasteiger partial charge is 0.449 e. The molecule has 1 N–H and O–H groups in total. The number of esters is 1. The lowest BCUT2D eigenvalue weighted by Gasteiger charge is -2.14. The van der Waals surface area contributed by atoms with Gasteiger partial charge in [0.15, 0.2) is 6.10 Å². The van der Waals surface area contributed by atoms with Gasteiger partial charge in [0.25, 0.3) is 5.91 Å². The van der Waals surface area contributed by atoms with Crippen LogP contribution in [0.25, 0.3) is 6.08 Å². The van der Waals surface area contributed by atoms with Gasteiger partial charge in [0, 0.05) is 11.1 Å². The first-order valence-electron chi connectivity index (χ1n) is 7.67. The normalized spacial score (nSPS) is 12.0. The summed E-state index contributed by atoms with van der Waals surface area (Å²) in [5, 5.41) is 3.74. The van der Waals surface area contributed by atoms with E-state index in [1.165, 1.54) is 13.0 Å². The van der Waals surface area contributed by atoms with Crippen LogP contribution in [0.2, 0.25) is 15.1 Å². The van der Waals surface area contributed by atoms with E-state index in [1.54, 1.807) is 30.3 Å². The van der Waals surface area contributed by atoms with Gasteiger partial charge >= 0.3 is 5.97 Å². The summed E-state index contributed by atoms with van der Waals surface area (Å²) >= 11 is 18.0. The van der Waals surface area contributed by atoms with Crippen LogP contribution in [-0.4, -0.2) is 18.0 Å². The van der Waals surface area contributed by atoms with E-state index in [0.717, 1.165) is 11.1 Å². The zero-order chi connectivity index (χ0) is 19.3. The van der Waals surface area contributed by atoms with Crippen LogP contribution in [0.5, 0.6) is 0 Å². The Morgan fingerprint density at radius 3 is 2.35 bits per heavy atom. The molecule has 0 aliphatic heterocycles. The summed E-state index contributed by atoms with van der Waals surface area (Å²) in [4.78, 5) is 24.1. The second-order valence-electron chi connectivity index (χ2n) is 5.51. The maximum atomic E-state index is 12.2. The lowest BCUT2D eigenvalue weighted by Crippen LogP contribution is -2.29. The molecule has 4 nitrogen and oxygen atoms in total. The number of aryl methyl sites for hydroxylation is 1. The topological polar surface area (TPSA) is 55.4 Å². The quantitative estimate of drug-likeness (QED) is 0.518. The summed E-state index contributed by atoms with van der Waals surface area (Å²) in [6.07, 6.45) is 1.76. The molecule has 0 unspecified atom stereocenters. The van der Waals surface area contributed by atoms with Gasteiger partial charge in [0.2, 0.25) is 0 Å². The van der Waals surface area contributed by atoms with E-state index in [2.05, 4.69) is 5.32 Å². The molecule has 1 amide bonds. The molecule has 0 saturated carbocycles. The molecule has 0 heterocycles. The zero-order valence-electron chi connectivity index (χ0n) is 14.1. The third kappa shape index (κ3) is 5.49. The molecule has 0 aromatic heterocycles. The highest BCUT2D eigenvalue weighted by atomic mass is 35.5. The van der Waals surface area contributed by atoms with E-state index < -0.39 is 18.0 Å². The maximum absolute atomic E-state index is 12.2. The number of ether oxygens (including phenoxy) is 1. The molecule has 0 radical (unpaired) electrons. The molecule has 0 bridgehead atoms. The molecule has 0 aliphatic carbocycles. The average Bonchev–Trinajstić information content (AvgIpc) is 2.59. The van der Waals surface area contributed by atoms with Crippen molar-refractivity contribution in [3.63, 3.8) is 0 Å². The van der Waals surface area contributed by atoms with Gasteiger partial charge in [-0.05, 0) is 49.2 Å². The second-order valence-corrected chi connectivity index (χ2v) is 6.73. The number of carbonyl (C=O) groups excluding carboxylic acids is 2. The Balaban J connectivity index is 1.96. The molecule has 26 heavy (non-hydrogen) atoms. The average molecular weight is 413 g/mol. The first-order valence-corrected chi connectivity index (χ1v) is 8.81. The number of hydrogen-bond acceptors (Lipinski definition) is 3. The van der Waals surface area contributed by atoms with Crippen molar-refractivity contribution in [1.82, 2.24) is 0 Å². The smallest absolute Gasteiger partial charge is 0.331 e. The molecule has 0 saturated heterocycles. The van der Waals surface area contributed by atoms with E-state index in [4.69, 9.17) is 39.5 Å². The number of carbonyl (C=O) groups is 2. The third-order valence-corrected chi connectivity index (χ3v) is 4.52. The van der Waals surface area contributed by atoms with E-state index in [-0.39, 0.29) is 5.69 Å². The Hall–Kier alpha value is -2.01. The molecule has 2 rings (SSSR count). The predicted molar refractivity (Wildman–Crippen MR) is 106 cm³/mol. The van der Waals surface area contributed by atoms with Crippen molar-refractivity contribution in [2.75, 3.05) is 5.32 Å². The van der Waals surface area contributed by atoms with E-state index in [1.807, 2.05) is 19.1 Å². The third-order valence-electron chi connectivity index (χ3n) is 3.48. The van der Waals surface area contributed by atoms with Gasteiger partial charge in [0.05, 0.1) is 15.7 Å². The van der Waals surface area contributed by atoms with Gasteiger partial charge in [-0.3, -0.25) is 4.79 Å². The summed E-state index contributed by atoms with van der Waals surface area (Å²) < 4.78 is 5.08. The van der Waals surface area contributed by atoms with Crippen molar-refractivity contribution in [3.8, 4) is 0 Å². The van der Waals surface area contributed by atoms with Crippen LogP contribution in [0.4, 0.5) is 5.69 Å². The van der Waals surface area contributed by atoms with Crippen LogP contribution in [0, 0.1) is 6.92 Å². The molecule has 0 aliphatic rings. The minimum Gasteiger partial charge on any atom is -0.449 e. The molecule has 7 heteroatoms. The summed E-state index contributed by atoms with van der Waals surface area (Å²) in [5.41, 5.74) is 1.96. The van der Waals surface area contributed by atoms with Crippen molar-refractivity contribution >= 4 is 58.4 Å². The minimum atomic E-state index is -1.03. The standard InChI is InChI=1S/C19H16Cl3NO3/c1-11-6-7-13(10-16(11)22)8-9-17(24)26-12(2)19(25)23-18-14(20)4-3-5-15(18)21/h3-10,12H,1-2H3,(H,23,25)/b9-8+/t12-/m1/s1. The Bertz CT molecular complexity index is 845. The Kier molecular flexibility index (Phi) is 7.09. The highest BCUT2D eigenvalue weighted by Gasteiger charge is 2.19. The number of para-hydroxylation sites is 1. The lowest BCUT2D eigenvalue weighted by atomic mass is 10.1. The van der Waals surface area contributed by atoms with Crippen molar-refractivity contribution in [1.29, 1.82) is 0 Å². The van der Waals surface area contributed by atoms with Gasteiger partial charge in [-0.1, -0.05) is 53.0 Å². The second kappa shape index (κ2) is 9.08. The maximum Gasteiger partial charge on any atom is 0.331 e. The first kappa shape index (κ1) is 20.3. The van der Waals surface area contributed by atoms with Gasteiger partial charge in [0.1, 0.15) is 0 Å². The highest BCUT2D eigenvalue weighted by Crippen LogP contribution is 2.29.